The van der Waals surface area contributed by atoms with Crippen molar-refractivity contribution in [1.29, 1.82) is 5.26 Å². The highest BCUT2D eigenvalue weighted by Crippen LogP contribution is 2.20. The number of pyridine rings is 1. The molecule has 0 bridgehead atoms. The van der Waals surface area contributed by atoms with Crippen LogP contribution in [0.5, 0.6) is 0 Å². The van der Waals surface area contributed by atoms with Crippen molar-refractivity contribution in [3.8, 4) is 6.07 Å². The van der Waals surface area contributed by atoms with Crippen molar-refractivity contribution in [3.63, 3.8) is 0 Å². The molecule has 1 heterocycles. The molecule has 3 aromatic rings. The molecule has 1 aromatic heterocycles. The third kappa shape index (κ3) is 4.22. The summed E-state index contributed by atoms with van der Waals surface area (Å²) in [4.78, 5) is 16.6. The van der Waals surface area contributed by atoms with Gasteiger partial charge in [-0.2, -0.15) is 5.26 Å². The number of para-hydroxylation sites is 1. The minimum atomic E-state index is -0.235. The zero-order valence-electron chi connectivity index (χ0n) is 13.0. The maximum Gasteiger partial charge on any atom is 0.255 e. The Hall–Kier alpha value is -3.17. The van der Waals surface area contributed by atoms with E-state index in [1.54, 1.807) is 36.5 Å². The quantitative estimate of drug-likeness (QED) is 0.673. The Morgan fingerprint density at radius 3 is 2.60 bits per heavy atom. The van der Waals surface area contributed by atoms with Gasteiger partial charge in [-0.3, -0.25) is 4.79 Å². The van der Waals surface area contributed by atoms with Gasteiger partial charge in [-0.1, -0.05) is 28.1 Å². The highest BCUT2D eigenvalue weighted by atomic mass is 79.9. The van der Waals surface area contributed by atoms with Crippen LogP contribution in [-0.4, -0.2) is 10.9 Å². The minimum absolute atomic E-state index is 0.235. The molecule has 0 aliphatic carbocycles. The van der Waals surface area contributed by atoms with Gasteiger partial charge in [0.1, 0.15) is 11.9 Å². The number of carbonyl (C=O) groups excluding carboxylic acids is 1. The summed E-state index contributed by atoms with van der Waals surface area (Å²) < 4.78 is 0.942. The first kappa shape index (κ1) is 16.7. The van der Waals surface area contributed by atoms with Crippen molar-refractivity contribution >= 4 is 39.0 Å². The van der Waals surface area contributed by atoms with E-state index in [-0.39, 0.29) is 5.91 Å². The summed E-state index contributed by atoms with van der Waals surface area (Å²) in [6, 6.07) is 19.8. The fourth-order valence-electron chi connectivity index (χ4n) is 2.20. The molecule has 2 N–H and O–H groups in total. The summed E-state index contributed by atoms with van der Waals surface area (Å²) in [7, 11) is 0. The number of aromatic nitrogens is 1. The lowest BCUT2D eigenvalue weighted by Crippen LogP contribution is -2.12. The second-order valence-corrected chi connectivity index (χ2v) is 6.09. The number of nitrogens with one attached hydrogen (secondary N) is 2. The van der Waals surface area contributed by atoms with Crippen molar-refractivity contribution in [2.75, 3.05) is 10.6 Å². The molecule has 0 spiro atoms. The number of hydrogen-bond donors (Lipinski definition) is 2. The monoisotopic (exact) mass is 392 g/mol. The molecule has 1 amide bonds. The number of carbonyl (C=O) groups is 1. The standard InChI is InChI=1S/C19H13BrN4O/c20-15-5-7-16(8-6-15)23-19(25)13-9-10-22-18(11-13)24-17-4-2-1-3-14(17)12-21/h1-11H,(H,22,24)(H,23,25). The van der Waals surface area contributed by atoms with E-state index in [4.69, 9.17) is 5.26 Å². The number of nitriles is 1. The van der Waals surface area contributed by atoms with Crippen LogP contribution in [-0.2, 0) is 0 Å². The van der Waals surface area contributed by atoms with Crippen LogP contribution in [0.25, 0.3) is 0 Å². The SMILES string of the molecule is N#Cc1ccccc1Nc1cc(C(=O)Nc2ccc(Br)cc2)ccn1. The number of anilines is 3. The Balaban J connectivity index is 1.78. The number of halogens is 1. The van der Waals surface area contributed by atoms with Crippen molar-refractivity contribution < 1.29 is 4.79 Å². The topological polar surface area (TPSA) is 77.8 Å². The molecular formula is C19H13BrN4O. The van der Waals surface area contributed by atoms with Crippen molar-refractivity contribution in [2.45, 2.75) is 0 Å². The number of hydrogen-bond acceptors (Lipinski definition) is 4. The summed E-state index contributed by atoms with van der Waals surface area (Å²) in [6.07, 6.45) is 1.55. The van der Waals surface area contributed by atoms with Gasteiger partial charge >= 0.3 is 0 Å². The largest absolute Gasteiger partial charge is 0.339 e. The van der Waals surface area contributed by atoms with E-state index in [0.717, 1.165) is 4.47 Å². The molecule has 0 radical (unpaired) electrons. The van der Waals surface area contributed by atoms with Gasteiger partial charge in [-0.15, -0.1) is 0 Å². The highest BCUT2D eigenvalue weighted by molar-refractivity contribution is 9.10. The number of nitrogens with zero attached hydrogens (tertiary/aromatic N) is 2. The van der Waals surface area contributed by atoms with E-state index in [9.17, 15) is 4.79 Å². The van der Waals surface area contributed by atoms with E-state index < -0.39 is 0 Å². The summed E-state index contributed by atoms with van der Waals surface area (Å²) >= 11 is 3.36. The van der Waals surface area contributed by atoms with Gasteiger partial charge in [-0.25, -0.2) is 4.98 Å². The predicted molar refractivity (Wildman–Crippen MR) is 101 cm³/mol. The summed E-state index contributed by atoms with van der Waals surface area (Å²) in [5.74, 6) is 0.257. The first-order chi connectivity index (χ1) is 12.2. The van der Waals surface area contributed by atoms with Crippen LogP contribution in [0.3, 0.4) is 0 Å². The molecule has 0 atom stereocenters. The van der Waals surface area contributed by atoms with Gasteiger partial charge in [0.15, 0.2) is 0 Å². The molecule has 0 fully saturated rings. The molecule has 0 unspecified atom stereocenters. The predicted octanol–water partition coefficient (Wildman–Crippen LogP) is 4.71. The number of benzene rings is 2. The van der Waals surface area contributed by atoms with Gasteiger partial charge in [-0.05, 0) is 48.5 Å². The number of amides is 1. The summed E-state index contributed by atoms with van der Waals surface area (Å²) in [5, 5.41) is 15.0. The van der Waals surface area contributed by atoms with Crippen LogP contribution in [0.15, 0.2) is 71.3 Å². The molecule has 3 rings (SSSR count). The lowest BCUT2D eigenvalue weighted by molar-refractivity contribution is 0.102. The van der Waals surface area contributed by atoms with Crippen LogP contribution in [0.2, 0.25) is 0 Å². The molecule has 2 aromatic carbocycles. The average molecular weight is 393 g/mol. The Labute approximate surface area is 153 Å². The van der Waals surface area contributed by atoms with Crippen LogP contribution in [0.4, 0.5) is 17.2 Å². The lowest BCUT2D eigenvalue weighted by Gasteiger charge is -2.09. The lowest BCUT2D eigenvalue weighted by atomic mass is 10.2. The van der Waals surface area contributed by atoms with E-state index in [1.165, 1.54) is 0 Å². The fraction of sp³-hybridized carbons (Fsp3) is 0. The van der Waals surface area contributed by atoms with Crippen LogP contribution in [0, 0.1) is 11.3 Å². The van der Waals surface area contributed by atoms with E-state index in [2.05, 4.69) is 37.6 Å². The normalized spacial score (nSPS) is 9.92. The fourth-order valence-corrected chi connectivity index (χ4v) is 2.47. The van der Waals surface area contributed by atoms with E-state index >= 15 is 0 Å². The number of rotatable bonds is 4. The van der Waals surface area contributed by atoms with Crippen LogP contribution < -0.4 is 10.6 Å². The second kappa shape index (κ2) is 7.60. The summed E-state index contributed by atoms with van der Waals surface area (Å²) in [6.45, 7) is 0. The zero-order valence-corrected chi connectivity index (χ0v) is 14.6. The Bertz CT molecular complexity index is 948. The smallest absolute Gasteiger partial charge is 0.255 e. The molecular weight excluding hydrogens is 380 g/mol. The van der Waals surface area contributed by atoms with Crippen molar-refractivity contribution in [1.82, 2.24) is 4.98 Å². The molecule has 0 aliphatic rings. The Kier molecular flexibility index (Phi) is 5.07. The third-order valence-corrected chi connectivity index (χ3v) is 3.96. The van der Waals surface area contributed by atoms with E-state index in [0.29, 0.717) is 28.3 Å². The van der Waals surface area contributed by atoms with E-state index in [1.807, 2.05) is 30.3 Å². The second-order valence-electron chi connectivity index (χ2n) is 5.17. The maximum atomic E-state index is 12.4. The first-order valence-electron chi connectivity index (χ1n) is 7.45. The van der Waals surface area contributed by atoms with Gasteiger partial charge < -0.3 is 10.6 Å². The van der Waals surface area contributed by atoms with Gasteiger partial charge in [0.05, 0.1) is 11.3 Å². The van der Waals surface area contributed by atoms with Crippen LogP contribution >= 0.6 is 15.9 Å². The Morgan fingerprint density at radius 1 is 1.08 bits per heavy atom. The van der Waals surface area contributed by atoms with Crippen LogP contribution in [0.1, 0.15) is 15.9 Å². The average Bonchev–Trinajstić information content (AvgIpc) is 2.64. The molecule has 5 nitrogen and oxygen atoms in total. The zero-order chi connectivity index (χ0) is 17.6. The molecule has 6 heteroatoms. The minimum Gasteiger partial charge on any atom is -0.339 e. The highest BCUT2D eigenvalue weighted by Gasteiger charge is 2.09. The van der Waals surface area contributed by atoms with Gasteiger partial charge in [0.2, 0.25) is 0 Å². The van der Waals surface area contributed by atoms with Gasteiger partial charge in [0.25, 0.3) is 5.91 Å². The third-order valence-electron chi connectivity index (χ3n) is 3.43. The van der Waals surface area contributed by atoms with Gasteiger partial charge in [0, 0.05) is 21.9 Å². The first-order valence-corrected chi connectivity index (χ1v) is 8.24. The summed E-state index contributed by atoms with van der Waals surface area (Å²) in [5.41, 5.74) is 2.32. The van der Waals surface area contributed by atoms with Crippen molar-refractivity contribution in [2.24, 2.45) is 0 Å². The Morgan fingerprint density at radius 2 is 1.84 bits per heavy atom. The maximum absolute atomic E-state index is 12.4. The molecule has 0 aliphatic heterocycles. The van der Waals surface area contributed by atoms with Crippen molar-refractivity contribution in [3.05, 3.63) is 82.5 Å². The molecule has 122 valence electrons. The molecule has 0 saturated carbocycles. The molecule has 25 heavy (non-hydrogen) atoms. The molecule has 0 saturated heterocycles.